The van der Waals surface area contributed by atoms with E-state index >= 15 is 0 Å². The fourth-order valence-corrected chi connectivity index (χ4v) is 3.86. The van der Waals surface area contributed by atoms with Crippen molar-refractivity contribution in [1.29, 1.82) is 0 Å². The zero-order valence-corrected chi connectivity index (χ0v) is 13.3. The van der Waals surface area contributed by atoms with Crippen LogP contribution in [-0.2, 0) is 22.9 Å². The maximum atomic E-state index is 12.5. The summed E-state index contributed by atoms with van der Waals surface area (Å²) in [4.78, 5) is 0.271. The number of fused-ring (bicyclic) bond motifs is 1. The molecule has 4 nitrogen and oxygen atoms in total. The van der Waals surface area contributed by atoms with Gasteiger partial charge in [-0.1, -0.05) is 12.1 Å². The first-order chi connectivity index (χ1) is 10.5. The molecule has 0 saturated carbocycles. The monoisotopic (exact) mass is 317 g/mol. The Hall–Kier alpha value is -2.01. The average Bonchev–Trinajstić information content (AvgIpc) is 2.50. The van der Waals surface area contributed by atoms with Gasteiger partial charge >= 0.3 is 0 Å². The zero-order chi connectivity index (χ0) is 15.7. The average molecular weight is 317 g/mol. The van der Waals surface area contributed by atoms with Crippen molar-refractivity contribution in [2.24, 2.45) is 0 Å². The fraction of sp³-hybridized carbons (Fsp3) is 0.294. The molecule has 22 heavy (non-hydrogen) atoms. The van der Waals surface area contributed by atoms with Crippen molar-refractivity contribution in [2.75, 3.05) is 4.72 Å². The molecule has 0 aliphatic heterocycles. The Kier molecular flexibility index (Phi) is 3.83. The van der Waals surface area contributed by atoms with Crippen molar-refractivity contribution in [2.45, 2.75) is 37.5 Å². The molecule has 0 unspecified atom stereocenters. The molecule has 2 aromatic carbocycles. The highest BCUT2D eigenvalue weighted by Crippen LogP contribution is 2.26. The van der Waals surface area contributed by atoms with E-state index in [1.807, 2.05) is 6.07 Å². The molecule has 0 atom stereocenters. The van der Waals surface area contributed by atoms with Gasteiger partial charge in [0.05, 0.1) is 10.6 Å². The summed E-state index contributed by atoms with van der Waals surface area (Å²) in [5.41, 5.74) is 3.44. The number of aromatic hydroxyl groups is 1. The molecule has 1 aliphatic carbocycles. The number of hydrogen-bond donors (Lipinski definition) is 2. The summed E-state index contributed by atoms with van der Waals surface area (Å²) in [6, 6.07) is 10.1. The summed E-state index contributed by atoms with van der Waals surface area (Å²) >= 11 is 0. The van der Waals surface area contributed by atoms with E-state index in [1.165, 1.54) is 18.1 Å². The Labute approximate surface area is 130 Å². The lowest BCUT2D eigenvalue weighted by atomic mass is 9.92. The topological polar surface area (TPSA) is 66.4 Å². The summed E-state index contributed by atoms with van der Waals surface area (Å²) < 4.78 is 27.5. The van der Waals surface area contributed by atoms with E-state index in [2.05, 4.69) is 4.72 Å². The van der Waals surface area contributed by atoms with Gasteiger partial charge in [-0.2, -0.15) is 0 Å². The summed E-state index contributed by atoms with van der Waals surface area (Å²) in [6.45, 7) is 1.76. The smallest absolute Gasteiger partial charge is 0.261 e. The first-order valence-corrected chi connectivity index (χ1v) is 8.88. The molecule has 0 bridgehead atoms. The highest BCUT2D eigenvalue weighted by atomic mass is 32.2. The van der Waals surface area contributed by atoms with Gasteiger partial charge in [-0.15, -0.1) is 0 Å². The Bertz CT molecular complexity index is 813. The maximum absolute atomic E-state index is 12.5. The van der Waals surface area contributed by atoms with Crippen molar-refractivity contribution in [3.8, 4) is 5.75 Å². The van der Waals surface area contributed by atoms with Gasteiger partial charge in [0.1, 0.15) is 5.75 Å². The van der Waals surface area contributed by atoms with Gasteiger partial charge in [0.25, 0.3) is 10.0 Å². The maximum Gasteiger partial charge on any atom is 0.261 e. The van der Waals surface area contributed by atoms with Gasteiger partial charge in [0.15, 0.2) is 0 Å². The van der Waals surface area contributed by atoms with Crippen molar-refractivity contribution < 1.29 is 13.5 Å². The summed E-state index contributed by atoms with van der Waals surface area (Å²) in [5, 5.41) is 9.69. The molecular formula is C17H19NO3S. The Morgan fingerprint density at radius 3 is 2.45 bits per heavy atom. The number of hydrogen-bond acceptors (Lipinski definition) is 3. The van der Waals surface area contributed by atoms with Gasteiger partial charge in [0.2, 0.25) is 0 Å². The van der Waals surface area contributed by atoms with Gasteiger partial charge < -0.3 is 5.11 Å². The van der Waals surface area contributed by atoms with Crippen molar-refractivity contribution in [1.82, 2.24) is 0 Å². The first-order valence-electron chi connectivity index (χ1n) is 7.40. The van der Waals surface area contributed by atoms with E-state index in [-0.39, 0.29) is 10.6 Å². The number of nitrogens with one attached hydrogen (secondary N) is 1. The number of aryl methyl sites for hydroxylation is 3. The lowest BCUT2D eigenvalue weighted by Crippen LogP contribution is -2.14. The predicted molar refractivity (Wildman–Crippen MR) is 86.7 cm³/mol. The van der Waals surface area contributed by atoms with Crippen LogP contribution in [0.3, 0.4) is 0 Å². The lowest BCUT2D eigenvalue weighted by molar-refractivity contribution is 0.471. The van der Waals surface area contributed by atoms with Crippen LogP contribution in [0.25, 0.3) is 0 Å². The van der Waals surface area contributed by atoms with E-state index in [1.54, 1.807) is 31.2 Å². The second-order valence-electron chi connectivity index (χ2n) is 5.74. The summed E-state index contributed by atoms with van der Waals surface area (Å²) in [5.74, 6) is 0.0747. The lowest BCUT2D eigenvalue weighted by Gasteiger charge is -2.17. The van der Waals surface area contributed by atoms with Crippen LogP contribution in [0.1, 0.15) is 29.5 Å². The molecule has 2 aromatic rings. The Morgan fingerprint density at radius 2 is 1.73 bits per heavy atom. The van der Waals surface area contributed by atoms with Gasteiger partial charge in [0, 0.05) is 6.07 Å². The van der Waals surface area contributed by atoms with Crippen LogP contribution in [-0.4, -0.2) is 13.5 Å². The first kappa shape index (κ1) is 14.9. The Morgan fingerprint density at radius 1 is 1.00 bits per heavy atom. The van der Waals surface area contributed by atoms with Crippen LogP contribution in [0.4, 0.5) is 5.69 Å². The minimum Gasteiger partial charge on any atom is -0.508 e. The van der Waals surface area contributed by atoms with Gasteiger partial charge in [-0.3, -0.25) is 4.72 Å². The normalized spacial score (nSPS) is 14.4. The van der Waals surface area contributed by atoms with Crippen LogP contribution >= 0.6 is 0 Å². The largest absolute Gasteiger partial charge is 0.508 e. The minimum absolute atomic E-state index is 0.0747. The third-order valence-corrected chi connectivity index (χ3v) is 5.47. The molecule has 0 spiro atoms. The number of phenols is 1. The minimum atomic E-state index is -3.64. The number of phenolic OH excluding ortho intramolecular Hbond substituents is 1. The van der Waals surface area contributed by atoms with Crippen molar-refractivity contribution >= 4 is 15.7 Å². The quantitative estimate of drug-likeness (QED) is 0.912. The van der Waals surface area contributed by atoms with Crippen molar-refractivity contribution in [3.63, 3.8) is 0 Å². The molecule has 0 heterocycles. The van der Waals surface area contributed by atoms with Crippen LogP contribution in [0.15, 0.2) is 41.3 Å². The highest BCUT2D eigenvalue weighted by Gasteiger charge is 2.18. The number of sulfonamides is 1. The SMILES string of the molecule is Cc1ccc(NS(=O)(=O)c2ccc3c(c2)CCCC3)cc1O. The molecule has 3 rings (SSSR count). The van der Waals surface area contributed by atoms with Crippen molar-refractivity contribution in [3.05, 3.63) is 53.1 Å². The second-order valence-corrected chi connectivity index (χ2v) is 7.43. The van der Waals surface area contributed by atoms with Gasteiger partial charge in [-0.05, 0) is 67.5 Å². The molecule has 0 fully saturated rings. The third-order valence-electron chi connectivity index (χ3n) is 4.09. The summed E-state index contributed by atoms with van der Waals surface area (Å²) in [7, 11) is -3.64. The van der Waals surface area contributed by atoms with Crippen LogP contribution in [0.2, 0.25) is 0 Å². The molecule has 0 amide bonds. The number of benzene rings is 2. The summed E-state index contributed by atoms with van der Waals surface area (Å²) in [6.07, 6.45) is 4.23. The van der Waals surface area contributed by atoms with E-state index in [0.29, 0.717) is 11.3 Å². The molecule has 0 saturated heterocycles. The van der Waals surface area contributed by atoms with E-state index in [9.17, 15) is 13.5 Å². The predicted octanol–water partition coefficient (Wildman–Crippen LogP) is 3.38. The van der Waals surface area contributed by atoms with Crippen LogP contribution < -0.4 is 4.72 Å². The molecule has 1 aliphatic rings. The standard InChI is InChI=1S/C17H19NO3S/c1-12-6-8-15(11-17(12)19)18-22(20,21)16-9-7-13-4-2-3-5-14(13)10-16/h6-11,18-19H,2-5H2,1H3. The molecular weight excluding hydrogens is 298 g/mol. The molecule has 116 valence electrons. The van der Waals surface area contributed by atoms with Gasteiger partial charge in [-0.25, -0.2) is 8.42 Å². The van der Waals surface area contributed by atoms with Crippen LogP contribution in [0.5, 0.6) is 5.75 Å². The fourth-order valence-electron chi connectivity index (χ4n) is 2.76. The highest BCUT2D eigenvalue weighted by molar-refractivity contribution is 7.92. The molecule has 5 heteroatoms. The molecule has 0 radical (unpaired) electrons. The Balaban J connectivity index is 1.90. The van der Waals surface area contributed by atoms with E-state index < -0.39 is 10.0 Å². The zero-order valence-electron chi connectivity index (χ0n) is 12.5. The number of rotatable bonds is 3. The molecule has 0 aromatic heterocycles. The molecule has 2 N–H and O–H groups in total. The second kappa shape index (κ2) is 5.65. The van der Waals surface area contributed by atoms with E-state index in [0.717, 1.165) is 24.8 Å². The third kappa shape index (κ3) is 2.95. The van der Waals surface area contributed by atoms with Crippen LogP contribution in [0, 0.1) is 6.92 Å². The van der Waals surface area contributed by atoms with E-state index in [4.69, 9.17) is 0 Å². The number of anilines is 1.